The Morgan fingerprint density at radius 2 is 1.62 bits per heavy atom. The molecule has 0 saturated carbocycles. The summed E-state index contributed by atoms with van der Waals surface area (Å²) in [6.45, 7) is 0. The van der Waals surface area contributed by atoms with Gasteiger partial charge in [0.2, 0.25) is 0 Å². The average molecular weight is 216 g/mol. The van der Waals surface area contributed by atoms with Crippen LogP contribution in [0, 0.1) is 0 Å². The van der Waals surface area contributed by atoms with Crippen molar-refractivity contribution in [2.24, 2.45) is 0 Å². The Morgan fingerprint density at radius 1 is 0.938 bits per heavy atom. The zero-order valence-corrected chi connectivity index (χ0v) is 8.18. The van der Waals surface area contributed by atoms with Crippen LogP contribution in [0.3, 0.4) is 0 Å². The van der Waals surface area contributed by atoms with Gasteiger partial charge in [-0.05, 0) is 22.9 Å². The number of hydrogen-bond donors (Lipinski definition) is 2. The molecule has 0 radical (unpaired) electrons. The molecule has 80 valence electrons. The molecule has 2 N–H and O–H groups in total. The molecule has 0 fully saturated rings. The fourth-order valence-electron chi connectivity index (χ4n) is 1.61. The van der Waals surface area contributed by atoms with Crippen LogP contribution in [-0.2, 0) is 0 Å². The number of carboxylic acid groups (broad SMARTS) is 2. The predicted octanol–water partition coefficient (Wildman–Crippen LogP) is 2.24. The zero-order chi connectivity index (χ0) is 11.7. The van der Waals surface area contributed by atoms with Crippen LogP contribution in [0.2, 0.25) is 0 Å². The lowest BCUT2D eigenvalue weighted by molar-refractivity contribution is 0.0696. The van der Waals surface area contributed by atoms with Crippen molar-refractivity contribution >= 4 is 22.7 Å². The summed E-state index contributed by atoms with van der Waals surface area (Å²) in [5.41, 5.74) is -0.00778. The van der Waals surface area contributed by atoms with Gasteiger partial charge in [-0.25, -0.2) is 9.59 Å². The van der Waals surface area contributed by atoms with Crippen LogP contribution >= 0.6 is 0 Å². The molecule has 2 rings (SSSR count). The van der Waals surface area contributed by atoms with Crippen LogP contribution in [0.5, 0.6) is 0 Å². The van der Waals surface area contributed by atoms with Crippen LogP contribution in [0.25, 0.3) is 10.8 Å². The number of aromatic carboxylic acids is 2. The van der Waals surface area contributed by atoms with Gasteiger partial charge < -0.3 is 10.2 Å². The monoisotopic (exact) mass is 216 g/mol. The van der Waals surface area contributed by atoms with E-state index in [0.29, 0.717) is 10.8 Å². The molecule has 0 heterocycles. The Kier molecular flexibility index (Phi) is 2.32. The smallest absolute Gasteiger partial charge is 0.336 e. The molecule has 2 aromatic carbocycles. The highest BCUT2D eigenvalue weighted by Crippen LogP contribution is 2.21. The number of benzene rings is 2. The lowest BCUT2D eigenvalue weighted by Crippen LogP contribution is -2.03. The molecule has 2 aromatic rings. The van der Waals surface area contributed by atoms with E-state index in [1.54, 1.807) is 24.3 Å². The van der Waals surface area contributed by atoms with Gasteiger partial charge in [-0.2, -0.15) is 0 Å². The van der Waals surface area contributed by atoms with Crippen LogP contribution in [0.1, 0.15) is 20.7 Å². The Bertz CT molecular complexity index is 587. The highest BCUT2D eigenvalue weighted by Gasteiger charge is 2.13. The van der Waals surface area contributed by atoms with E-state index >= 15 is 0 Å². The fraction of sp³-hybridized carbons (Fsp3) is 0. The molecule has 0 aliphatic carbocycles. The SMILES string of the molecule is O=C(O)c1cc(C(=O)O)c2ccccc2c1. The minimum atomic E-state index is -1.13. The first kappa shape index (κ1) is 10.2. The van der Waals surface area contributed by atoms with E-state index in [-0.39, 0.29) is 11.1 Å². The Hall–Kier alpha value is -2.36. The zero-order valence-electron chi connectivity index (χ0n) is 8.18. The number of carboxylic acids is 2. The van der Waals surface area contributed by atoms with Crippen molar-refractivity contribution in [3.8, 4) is 0 Å². The van der Waals surface area contributed by atoms with Gasteiger partial charge in [0.1, 0.15) is 0 Å². The van der Waals surface area contributed by atoms with Gasteiger partial charge in [0, 0.05) is 0 Å². The summed E-state index contributed by atoms with van der Waals surface area (Å²) in [7, 11) is 0. The maximum atomic E-state index is 11.0. The predicted molar refractivity (Wildman–Crippen MR) is 57.9 cm³/mol. The third-order valence-corrected chi connectivity index (χ3v) is 2.34. The number of hydrogen-bond acceptors (Lipinski definition) is 2. The van der Waals surface area contributed by atoms with Crippen molar-refractivity contribution < 1.29 is 19.8 Å². The van der Waals surface area contributed by atoms with Gasteiger partial charge in [0.25, 0.3) is 0 Å². The minimum Gasteiger partial charge on any atom is -0.478 e. The molecule has 0 atom stereocenters. The van der Waals surface area contributed by atoms with Crippen LogP contribution in [0.15, 0.2) is 36.4 Å². The van der Waals surface area contributed by atoms with Gasteiger partial charge in [0.15, 0.2) is 0 Å². The van der Waals surface area contributed by atoms with Crippen molar-refractivity contribution in [2.45, 2.75) is 0 Å². The first-order valence-electron chi connectivity index (χ1n) is 4.59. The molecule has 0 saturated heterocycles. The van der Waals surface area contributed by atoms with Gasteiger partial charge in [-0.15, -0.1) is 0 Å². The van der Waals surface area contributed by atoms with E-state index < -0.39 is 11.9 Å². The normalized spacial score (nSPS) is 10.2. The molecule has 16 heavy (non-hydrogen) atoms. The largest absolute Gasteiger partial charge is 0.478 e. The van der Waals surface area contributed by atoms with E-state index in [1.807, 2.05) is 0 Å². The molecule has 0 aliphatic heterocycles. The fourth-order valence-corrected chi connectivity index (χ4v) is 1.61. The van der Waals surface area contributed by atoms with E-state index in [9.17, 15) is 9.59 Å². The molecule has 4 nitrogen and oxygen atoms in total. The molecular formula is C12H8O4. The van der Waals surface area contributed by atoms with E-state index in [2.05, 4.69) is 0 Å². The van der Waals surface area contributed by atoms with Gasteiger partial charge in [0.05, 0.1) is 11.1 Å². The Labute approximate surface area is 90.8 Å². The second-order valence-corrected chi connectivity index (χ2v) is 3.36. The summed E-state index contributed by atoms with van der Waals surface area (Å²) in [6, 6.07) is 9.44. The second-order valence-electron chi connectivity index (χ2n) is 3.36. The third-order valence-electron chi connectivity index (χ3n) is 2.34. The van der Waals surface area contributed by atoms with Crippen LogP contribution in [-0.4, -0.2) is 22.2 Å². The maximum absolute atomic E-state index is 11.0. The summed E-state index contributed by atoms with van der Waals surface area (Å²) in [4.78, 5) is 21.8. The van der Waals surface area contributed by atoms with Gasteiger partial charge >= 0.3 is 11.9 Å². The topological polar surface area (TPSA) is 74.6 Å². The summed E-state index contributed by atoms with van der Waals surface area (Å²) in [6.07, 6.45) is 0. The summed E-state index contributed by atoms with van der Waals surface area (Å²) < 4.78 is 0. The number of carbonyl (C=O) groups is 2. The maximum Gasteiger partial charge on any atom is 0.336 e. The summed E-state index contributed by atoms with van der Waals surface area (Å²) >= 11 is 0. The Morgan fingerprint density at radius 3 is 2.25 bits per heavy atom. The molecule has 0 spiro atoms. The molecule has 0 bridgehead atoms. The van der Waals surface area contributed by atoms with E-state index in [0.717, 1.165) is 0 Å². The number of fused-ring (bicyclic) bond motifs is 1. The number of rotatable bonds is 2. The van der Waals surface area contributed by atoms with Gasteiger partial charge in [-0.1, -0.05) is 24.3 Å². The van der Waals surface area contributed by atoms with Crippen molar-refractivity contribution in [1.82, 2.24) is 0 Å². The van der Waals surface area contributed by atoms with Crippen molar-refractivity contribution in [3.63, 3.8) is 0 Å². The van der Waals surface area contributed by atoms with E-state index in [1.165, 1.54) is 12.1 Å². The van der Waals surface area contributed by atoms with Crippen LogP contribution < -0.4 is 0 Å². The molecule has 4 heteroatoms. The summed E-state index contributed by atoms with van der Waals surface area (Å²) in [5.74, 6) is -2.26. The lowest BCUT2D eigenvalue weighted by Gasteiger charge is -2.04. The third kappa shape index (κ3) is 1.61. The highest BCUT2D eigenvalue weighted by molar-refractivity contribution is 6.07. The minimum absolute atomic E-state index is 0.00972. The lowest BCUT2D eigenvalue weighted by atomic mass is 10.0. The van der Waals surface area contributed by atoms with Crippen molar-refractivity contribution in [2.75, 3.05) is 0 Å². The van der Waals surface area contributed by atoms with Gasteiger partial charge in [-0.3, -0.25) is 0 Å². The van der Waals surface area contributed by atoms with Crippen molar-refractivity contribution in [1.29, 1.82) is 0 Å². The molecule has 0 aromatic heterocycles. The molecule has 0 unspecified atom stereocenters. The molecular weight excluding hydrogens is 208 g/mol. The Balaban J connectivity index is 2.84. The quantitative estimate of drug-likeness (QED) is 0.807. The average Bonchev–Trinajstić information content (AvgIpc) is 2.27. The highest BCUT2D eigenvalue weighted by atomic mass is 16.4. The first-order valence-corrected chi connectivity index (χ1v) is 4.59. The first-order chi connectivity index (χ1) is 7.59. The molecule has 0 aliphatic rings. The molecule has 0 amide bonds. The summed E-state index contributed by atoms with van der Waals surface area (Å²) in [5, 5.41) is 19.0. The standard InChI is InChI=1S/C12H8O4/c13-11(14)8-5-7-3-1-2-4-9(7)10(6-8)12(15)16/h1-6H,(H,13,14)(H,15,16). The second kappa shape index (κ2) is 3.66. The van der Waals surface area contributed by atoms with E-state index in [4.69, 9.17) is 10.2 Å². The van der Waals surface area contributed by atoms with Crippen molar-refractivity contribution in [3.05, 3.63) is 47.5 Å². The van der Waals surface area contributed by atoms with Crippen LogP contribution in [0.4, 0.5) is 0 Å².